The van der Waals surface area contributed by atoms with E-state index in [-0.39, 0.29) is 0 Å². The zero-order chi connectivity index (χ0) is 9.15. The van der Waals surface area contributed by atoms with Crippen LogP contribution in [0.3, 0.4) is 0 Å². The molecule has 2 aliphatic rings. The smallest absolute Gasteiger partial charge is 0.0217 e. The summed E-state index contributed by atoms with van der Waals surface area (Å²) in [6, 6.07) is 0. The van der Waals surface area contributed by atoms with E-state index in [1.165, 1.54) is 0 Å². The molecule has 0 N–H and O–H groups in total. The summed E-state index contributed by atoms with van der Waals surface area (Å²) in [6.07, 6.45) is 2.52. The van der Waals surface area contributed by atoms with E-state index in [1.807, 2.05) is 0 Å². The van der Waals surface area contributed by atoms with Crippen LogP contribution in [0.25, 0.3) is 0 Å². The van der Waals surface area contributed by atoms with Gasteiger partial charge >= 0.3 is 0 Å². The second-order valence-corrected chi connectivity index (χ2v) is 6.64. The maximum atomic E-state index is 2.52. The highest BCUT2D eigenvalue weighted by Crippen LogP contribution is 2.69. The molecule has 0 amide bonds. The first-order valence-corrected chi connectivity index (χ1v) is 5.63. The molecule has 0 saturated heterocycles. The summed E-state index contributed by atoms with van der Waals surface area (Å²) in [5.41, 5.74) is 0.925. The standard InChI is InChI=1S/C11H18S/c1-7-9-11(7,5)6-8(12-9)10(2,3)4/h6-7,9H,1-5H3/t7-,9+,11-/m1/s1. The molecule has 0 aromatic carbocycles. The van der Waals surface area contributed by atoms with E-state index in [4.69, 9.17) is 0 Å². The highest BCUT2D eigenvalue weighted by atomic mass is 32.2. The molecular weight excluding hydrogens is 164 g/mol. The van der Waals surface area contributed by atoms with E-state index in [2.05, 4.69) is 52.5 Å². The van der Waals surface area contributed by atoms with Gasteiger partial charge in [0.25, 0.3) is 0 Å². The minimum Gasteiger partial charge on any atom is -0.126 e. The van der Waals surface area contributed by atoms with Crippen molar-refractivity contribution in [3.8, 4) is 0 Å². The van der Waals surface area contributed by atoms with Gasteiger partial charge in [-0.2, -0.15) is 0 Å². The number of allylic oxidation sites excluding steroid dienone is 2. The summed E-state index contributed by atoms with van der Waals surface area (Å²) < 4.78 is 0. The monoisotopic (exact) mass is 182 g/mol. The summed E-state index contributed by atoms with van der Waals surface area (Å²) in [4.78, 5) is 1.60. The molecule has 1 fully saturated rings. The van der Waals surface area contributed by atoms with Gasteiger partial charge in [-0.3, -0.25) is 0 Å². The topological polar surface area (TPSA) is 0 Å². The maximum Gasteiger partial charge on any atom is 0.0217 e. The Morgan fingerprint density at radius 2 is 2.00 bits per heavy atom. The lowest BCUT2D eigenvalue weighted by Gasteiger charge is -2.21. The van der Waals surface area contributed by atoms with E-state index in [0.29, 0.717) is 10.8 Å². The third-order valence-corrected chi connectivity index (χ3v) is 5.53. The van der Waals surface area contributed by atoms with E-state index in [0.717, 1.165) is 11.2 Å². The van der Waals surface area contributed by atoms with Gasteiger partial charge in [0, 0.05) is 10.7 Å². The summed E-state index contributed by atoms with van der Waals surface area (Å²) in [6.45, 7) is 11.7. The number of hydrogen-bond acceptors (Lipinski definition) is 1. The van der Waals surface area contributed by atoms with Crippen molar-refractivity contribution in [1.82, 2.24) is 0 Å². The Labute approximate surface area is 79.8 Å². The van der Waals surface area contributed by atoms with Gasteiger partial charge in [0.1, 0.15) is 0 Å². The van der Waals surface area contributed by atoms with Gasteiger partial charge in [-0.25, -0.2) is 0 Å². The third-order valence-electron chi connectivity index (χ3n) is 3.37. The minimum atomic E-state index is 0.376. The highest BCUT2D eigenvalue weighted by Gasteiger charge is 2.61. The SMILES string of the molecule is C[C@@H]1[C@@H]2SC(C(C)(C)C)=C[C@]12C. The molecular formula is C11H18S. The molecule has 2 rings (SSSR count). The van der Waals surface area contributed by atoms with Gasteiger partial charge in [-0.05, 0) is 16.2 Å². The Bertz CT molecular complexity index is 246. The predicted molar refractivity (Wildman–Crippen MR) is 56.2 cm³/mol. The van der Waals surface area contributed by atoms with Gasteiger partial charge in [-0.1, -0.05) is 40.7 Å². The summed E-state index contributed by atoms with van der Waals surface area (Å²) in [7, 11) is 0. The molecule has 0 aromatic heterocycles. The molecule has 0 aromatic rings. The molecule has 1 saturated carbocycles. The van der Waals surface area contributed by atoms with Gasteiger partial charge in [-0.15, -0.1) is 11.8 Å². The van der Waals surface area contributed by atoms with Crippen LogP contribution in [0, 0.1) is 16.7 Å². The maximum absolute atomic E-state index is 2.52. The molecule has 3 atom stereocenters. The molecule has 1 heterocycles. The van der Waals surface area contributed by atoms with Crippen molar-refractivity contribution in [3.63, 3.8) is 0 Å². The lowest BCUT2D eigenvalue weighted by atomic mass is 9.93. The molecule has 1 aliphatic heterocycles. The van der Waals surface area contributed by atoms with Crippen molar-refractivity contribution in [2.24, 2.45) is 16.7 Å². The fraction of sp³-hybridized carbons (Fsp3) is 0.818. The van der Waals surface area contributed by atoms with Gasteiger partial charge in [0.2, 0.25) is 0 Å². The Morgan fingerprint density at radius 1 is 1.42 bits per heavy atom. The molecule has 1 heteroatoms. The second-order valence-electron chi connectivity index (χ2n) is 5.45. The molecule has 0 spiro atoms. The second kappa shape index (κ2) is 2.12. The average Bonchev–Trinajstić information content (AvgIpc) is 2.34. The largest absolute Gasteiger partial charge is 0.126 e. The molecule has 68 valence electrons. The predicted octanol–water partition coefficient (Wildman–Crippen LogP) is 3.69. The van der Waals surface area contributed by atoms with Crippen molar-refractivity contribution in [3.05, 3.63) is 11.0 Å². The molecule has 0 unspecified atom stereocenters. The minimum absolute atomic E-state index is 0.376. The molecule has 0 nitrogen and oxygen atoms in total. The van der Waals surface area contributed by atoms with Crippen LogP contribution in [0.1, 0.15) is 34.6 Å². The van der Waals surface area contributed by atoms with Crippen molar-refractivity contribution in [2.75, 3.05) is 0 Å². The van der Waals surface area contributed by atoms with Crippen molar-refractivity contribution < 1.29 is 0 Å². The van der Waals surface area contributed by atoms with Crippen LogP contribution in [0.15, 0.2) is 11.0 Å². The van der Waals surface area contributed by atoms with Crippen LogP contribution in [0.5, 0.6) is 0 Å². The van der Waals surface area contributed by atoms with Gasteiger partial charge in [0.15, 0.2) is 0 Å². The molecule has 0 radical (unpaired) electrons. The van der Waals surface area contributed by atoms with E-state index in [1.54, 1.807) is 4.91 Å². The normalized spacial score (nSPS) is 45.6. The number of fused-ring (bicyclic) bond motifs is 1. The number of hydrogen-bond donors (Lipinski definition) is 0. The molecule has 0 bridgehead atoms. The first-order valence-electron chi connectivity index (χ1n) is 4.76. The van der Waals surface area contributed by atoms with Crippen LogP contribution in [0.2, 0.25) is 0 Å². The van der Waals surface area contributed by atoms with Gasteiger partial charge < -0.3 is 0 Å². The van der Waals surface area contributed by atoms with Crippen molar-refractivity contribution >= 4 is 11.8 Å². The van der Waals surface area contributed by atoms with Crippen molar-refractivity contribution in [2.45, 2.75) is 39.9 Å². The van der Waals surface area contributed by atoms with Crippen LogP contribution in [-0.4, -0.2) is 5.25 Å². The zero-order valence-corrected chi connectivity index (χ0v) is 9.46. The molecule has 1 aliphatic carbocycles. The van der Waals surface area contributed by atoms with Crippen LogP contribution >= 0.6 is 11.8 Å². The lowest BCUT2D eigenvalue weighted by molar-refractivity contribution is 0.524. The van der Waals surface area contributed by atoms with Crippen LogP contribution in [0.4, 0.5) is 0 Å². The Morgan fingerprint density at radius 3 is 2.33 bits per heavy atom. The Balaban J connectivity index is 2.21. The Hall–Kier alpha value is 0.0900. The summed E-state index contributed by atoms with van der Waals surface area (Å²) >= 11 is 2.11. The fourth-order valence-corrected chi connectivity index (χ4v) is 3.90. The van der Waals surface area contributed by atoms with E-state index in [9.17, 15) is 0 Å². The Kier molecular flexibility index (Phi) is 1.53. The fourth-order valence-electron chi connectivity index (χ4n) is 1.99. The van der Waals surface area contributed by atoms with Gasteiger partial charge in [0.05, 0.1) is 0 Å². The lowest BCUT2D eigenvalue weighted by Crippen LogP contribution is -2.07. The summed E-state index contributed by atoms with van der Waals surface area (Å²) in [5, 5.41) is 0.895. The molecule has 12 heavy (non-hydrogen) atoms. The summed E-state index contributed by atoms with van der Waals surface area (Å²) in [5.74, 6) is 0.911. The zero-order valence-electron chi connectivity index (χ0n) is 8.64. The van der Waals surface area contributed by atoms with E-state index < -0.39 is 0 Å². The highest BCUT2D eigenvalue weighted by molar-refractivity contribution is 8.04. The number of rotatable bonds is 0. The van der Waals surface area contributed by atoms with Crippen molar-refractivity contribution in [1.29, 1.82) is 0 Å². The average molecular weight is 182 g/mol. The number of thioether (sulfide) groups is 1. The van der Waals surface area contributed by atoms with E-state index >= 15 is 0 Å². The first-order chi connectivity index (χ1) is 5.36. The quantitative estimate of drug-likeness (QED) is 0.550. The van der Waals surface area contributed by atoms with Crippen LogP contribution in [-0.2, 0) is 0 Å². The third kappa shape index (κ3) is 0.985. The van der Waals surface area contributed by atoms with Crippen LogP contribution < -0.4 is 0 Å². The first kappa shape index (κ1) is 8.68.